The van der Waals surface area contributed by atoms with E-state index in [4.69, 9.17) is 10.3 Å². The predicted molar refractivity (Wildman–Crippen MR) is 234 cm³/mol. The lowest BCUT2D eigenvalue weighted by Crippen LogP contribution is -2.34. The molecule has 3 aromatic heterocycles. The van der Waals surface area contributed by atoms with Gasteiger partial charge >= 0.3 is 0 Å². The lowest BCUT2D eigenvalue weighted by molar-refractivity contribution is 0.457. The van der Waals surface area contributed by atoms with Crippen molar-refractivity contribution >= 4 is 38.9 Å². The third kappa shape index (κ3) is 4.53. The van der Waals surface area contributed by atoms with Crippen LogP contribution in [0.5, 0.6) is 0 Å². The molecule has 0 saturated heterocycles. The fourth-order valence-electron chi connectivity index (χ4n) is 10.4. The van der Waals surface area contributed by atoms with Gasteiger partial charge in [-0.3, -0.25) is 4.57 Å². The monoisotopic (exact) mass is 729 g/mol. The minimum Gasteiger partial charge on any atom is -0.687 e. The van der Waals surface area contributed by atoms with Crippen LogP contribution in [0.2, 0.25) is 0 Å². The SMILES string of the molecule is C1=CC2c3c(ccc4c5c(n(-c6ccc(-c7ccc(-n8c9ccccc9c9cccnc98)cc7)cc6)c34)C=C[N-]C5)C(c3ccccc3)(c3ccccc3)C2C=C1. The Morgan fingerprint density at radius 1 is 0.579 bits per heavy atom. The van der Waals surface area contributed by atoms with Crippen LogP contribution in [0.1, 0.15) is 39.4 Å². The van der Waals surface area contributed by atoms with Crippen molar-refractivity contribution in [3.8, 4) is 22.5 Å². The van der Waals surface area contributed by atoms with E-state index in [-0.39, 0.29) is 17.3 Å². The van der Waals surface area contributed by atoms with E-state index in [0.717, 1.165) is 22.5 Å². The van der Waals surface area contributed by atoms with Crippen molar-refractivity contribution in [3.63, 3.8) is 0 Å². The van der Waals surface area contributed by atoms with Gasteiger partial charge in [0.05, 0.1) is 16.4 Å². The molecule has 0 spiro atoms. The Hall–Kier alpha value is -7.17. The average molecular weight is 730 g/mol. The fraction of sp³-hybridized carbons (Fsp3) is 0.0755. The number of allylic oxidation sites excluding steroid dienone is 4. The van der Waals surface area contributed by atoms with Gasteiger partial charge in [0.15, 0.2) is 0 Å². The van der Waals surface area contributed by atoms with Crippen LogP contribution in [0.25, 0.3) is 66.7 Å². The van der Waals surface area contributed by atoms with Gasteiger partial charge in [-0.15, -0.1) is 6.54 Å². The van der Waals surface area contributed by atoms with Crippen molar-refractivity contribution in [2.24, 2.45) is 5.92 Å². The molecule has 2 atom stereocenters. The summed E-state index contributed by atoms with van der Waals surface area (Å²) >= 11 is 0. The van der Waals surface area contributed by atoms with E-state index in [1.807, 2.05) is 18.5 Å². The molecule has 2 unspecified atom stereocenters. The van der Waals surface area contributed by atoms with Gasteiger partial charge in [-0.2, -0.15) is 6.20 Å². The minimum atomic E-state index is -0.348. The fourth-order valence-corrected chi connectivity index (χ4v) is 10.4. The highest BCUT2D eigenvalue weighted by atomic mass is 15.0. The minimum absolute atomic E-state index is 0.202. The van der Waals surface area contributed by atoms with Crippen molar-refractivity contribution in [2.75, 3.05) is 0 Å². The summed E-state index contributed by atoms with van der Waals surface area (Å²) < 4.78 is 4.79. The molecule has 4 heteroatoms. The van der Waals surface area contributed by atoms with Gasteiger partial charge < -0.3 is 9.88 Å². The molecule has 0 N–H and O–H groups in total. The zero-order valence-electron chi connectivity index (χ0n) is 31.2. The number of nitrogens with zero attached hydrogens (tertiary/aromatic N) is 4. The van der Waals surface area contributed by atoms with Crippen LogP contribution in [-0.4, -0.2) is 14.1 Å². The van der Waals surface area contributed by atoms with Crippen molar-refractivity contribution in [1.29, 1.82) is 0 Å². The number of para-hydroxylation sites is 1. The molecule has 0 fully saturated rings. The molecule has 0 radical (unpaired) electrons. The summed E-state index contributed by atoms with van der Waals surface area (Å²) in [5.74, 6) is 0.421. The number of pyridine rings is 1. The first-order chi connectivity index (χ1) is 28.3. The van der Waals surface area contributed by atoms with E-state index < -0.39 is 0 Å². The molecule has 0 bridgehead atoms. The molecule has 0 saturated carbocycles. The highest BCUT2D eigenvalue weighted by Gasteiger charge is 2.54. The number of benzene rings is 6. The topological polar surface area (TPSA) is 36.9 Å². The first-order valence-corrected chi connectivity index (χ1v) is 19.9. The van der Waals surface area contributed by atoms with Crippen LogP contribution >= 0.6 is 0 Å². The first-order valence-electron chi connectivity index (χ1n) is 19.9. The van der Waals surface area contributed by atoms with Crippen molar-refractivity contribution < 1.29 is 0 Å². The van der Waals surface area contributed by atoms with Gasteiger partial charge in [0.2, 0.25) is 0 Å². The molecule has 1 aliphatic heterocycles. The summed E-state index contributed by atoms with van der Waals surface area (Å²) in [5, 5.41) is 8.43. The average Bonchev–Trinajstić information content (AvgIpc) is 3.92. The second kappa shape index (κ2) is 12.4. The number of aromatic nitrogens is 3. The summed E-state index contributed by atoms with van der Waals surface area (Å²) in [7, 11) is 0. The van der Waals surface area contributed by atoms with Gasteiger partial charge in [0.1, 0.15) is 5.65 Å². The molecule has 57 heavy (non-hydrogen) atoms. The first kappa shape index (κ1) is 32.1. The van der Waals surface area contributed by atoms with Crippen LogP contribution < -0.4 is 0 Å². The molecule has 2 aliphatic carbocycles. The highest BCUT2D eigenvalue weighted by molar-refractivity contribution is 6.07. The Bertz CT molecular complexity index is 3010. The van der Waals surface area contributed by atoms with Crippen molar-refractivity contribution in [2.45, 2.75) is 17.9 Å². The zero-order chi connectivity index (χ0) is 37.5. The van der Waals surface area contributed by atoms with Crippen LogP contribution in [0.4, 0.5) is 0 Å². The van der Waals surface area contributed by atoms with Gasteiger partial charge in [-0.05, 0) is 81.4 Å². The van der Waals surface area contributed by atoms with E-state index >= 15 is 0 Å². The third-order valence-corrected chi connectivity index (χ3v) is 12.8. The summed E-state index contributed by atoms with van der Waals surface area (Å²) in [6, 6.07) is 57.9. The van der Waals surface area contributed by atoms with Crippen molar-refractivity contribution in [1.82, 2.24) is 14.1 Å². The van der Waals surface area contributed by atoms with E-state index in [2.05, 4.69) is 191 Å². The molecule has 0 amide bonds. The maximum absolute atomic E-state index is 4.79. The van der Waals surface area contributed by atoms with E-state index in [0.29, 0.717) is 6.54 Å². The molecular formula is C53H37N4-. The highest BCUT2D eigenvalue weighted by Crippen LogP contribution is 2.61. The van der Waals surface area contributed by atoms with Gasteiger partial charge in [0, 0.05) is 51.3 Å². The van der Waals surface area contributed by atoms with Crippen LogP contribution in [-0.2, 0) is 12.0 Å². The summed E-state index contributed by atoms with van der Waals surface area (Å²) in [4.78, 5) is 4.79. The maximum Gasteiger partial charge on any atom is 0.145 e. The lowest BCUT2D eigenvalue weighted by atomic mass is 9.63. The molecule has 4 heterocycles. The second-order valence-corrected chi connectivity index (χ2v) is 15.5. The van der Waals surface area contributed by atoms with Crippen molar-refractivity contribution in [3.05, 3.63) is 233 Å². The van der Waals surface area contributed by atoms with E-state index in [1.54, 1.807) is 0 Å². The largest absolute Gasteiger partial charge is 0.687 e. The van der Waals surface area contributed by atoms with Gasteiger partial charge in [-0.25, -0.2) is 4.98 Å². The molecule has 12 rings (SSSR count). The van der Waals surface area contributed by atoms with Crippen LogP contribution in [0.3, 0.4) is 0 Å². The summed E-state index contributed by atoms with van der Waals surface area (Å²) in [5.41, 5.74) is 15.6. The Balaban J connectivity index is 1.02. The standard InChI is InChI=1S/C53H37N4/c1-3-12-37(13-4-1)53(38-14-5-2-6-15-38)46-19-9-7-17-44(46)50-47(53)30-29-42-45-34-54-33-31-49(45)56(51(42)50)39-25-21-35(22-26-39)36-23-27-40(28-24-36)57-48-20-10-8-16-41(48)43-18-11-32-55-52(43)57/h1-33,44,46H,34H2/q-1. The lowest BCUT2D eigenvalue weighted by Gasteiger charge is -2.38. The third-order valence-electron chi connectivity index (χ3n) is 12.8. The Labute approximate surface area is 331 Å². The predicted octanol–water partition coefficient (Wildman–Crippen LogP) is 12.8. The van der Waals surface area contributed by atoms with E-state index in [1.165, 1.54) is 66.3 Å². The molecular weight excluding hydrogens is 693 g/mol. The zero-order valence-corrected chi connectivity index (χ0v) is 31.2. The quantitative estimate of drug-likeness (QED) is 0.174. The number of fused-ring (bicyclic) bond motifs is 10. The molecule has 3 aliphatic rings. The molecule has 4 nitrogen and oxygen atoms in total. The smallest absolute Gasteiger partial charge is 0.145 e. The van der Waals surface area contributed by atoms with Crippen LogP contribution in [0.15, 0.2) is 194 Å². The Kier molecular flexibility index (Phi) is 7.00. The van der Waals surface area contributed by atoms with Crippen LogP contribution in [0, 0.1) is 5.92 Å². The molecule has 9 aromatic rings. The Morgan fingerprint density at radius 3 is 1.96 bits per heavy atom. The second-order valence-electron chi connectivity index (χ2n) is 15.5. The van der Waals surface area contributed by atoms with Gasteiger partial charge in [-0.1, -0.05) is 146 Å². The van der Waals surface area contributed by atoms with E-state index in [9.17, 15) is 0 Å². The number of hydrogen-bond acceptors (Lipinski definition) is 1. The summed E-state index contributed by atoms with van der Waals surface area (Å²) in [6.07, 6.45) is 15.4. The summed E-state index contributed by atoms with van der Waals surface area (Å²) in [6.45, 7) is 0.673. The molecule has 270 valence electrons. The number of rotatable bonds is 5. The van der Waals surface area contributed by atoms with Gasteiger partial charge in [0.25, 0.3) is 0 Å². The maximum atomic E-state index is 4.79. The Morgan fingerprint density at radius 2 is 1.23 bits per heavy atom. The normalized spacial score (nSPS) is 17.5. The number of hydrogen-bond donors (Lipinski definition) is 0. The molecule has 6 aromatic carbocycles.